The highest BCUT2D eigenvalue weighted by atomic mass is 35.5. The molecule has 3 nitrogen and oxygen atoms in total. The lowest BCUT2D eigenvalue weighted by Crippen LogP contribution is -2.27. The van der Waals surface area contributed by atoms with Gasteiger partial charge in [0.25, 0.3) is 5.91 Å². The van der Waals surface area contributed by atoms with E-state index < -0.39 is 0 Å². The molecule has 3 rings (SSSR count). The van der Waals surface area contributed by atoms with Gasteiger partial charge in [-0.1, -0.05) is 53.8 Å². The van der Waals surface area contributed by atoms with Crippen LogP contribution in [-0.4, -0.2) is 21.7 Å². The maximum Gasteiger partial charge on any atom is 0.266 e. The fraction of sp³-hybridized carbons (Fsp3) is 0.0588. The van der Waals surface area contributed by atoms with E-state index in [1.165, 1.54) is 16.7 Å². The van der Waals surface area contributed by atoms with Crippen molar-refractivity contribution in [1.82, 2.24) is 4.90 Å². The molecule has 0 spiro atoms. The Balaban J connectivity index is 1.85. The van der Waals surface area contributed by atoms with Crippen LogP contribution in [0.5, 0.6) is 0 Å². The number of benzene rings is 1. The molecule has 1 amide bonds. The predicted octanol–water partition coefficient (Wildman–Crippen LogP) is 4.99. The summed E-state index contributed by atoms with van der Waals surface area (Å²) in [5, 5.41) is 0.644. The molecular weight excluding hydrogens is 350 g/mol. The Labute approximate surface area is 148 Å². The first-order chi connectivity index (χ1) is 11.1. The number of hydrogen-bond donors (Lipinski definition) is 0. The highest BCUT2D eigenvalue weighted by molar-refractivity contribution is 8.26. The van der Waals surface area contributed by atoms with E-state index in [9.17, 15) is 4.79 Å². The maximum absolute atomic E-state index is 12.3. The fourth-order valence-electron chi connectivity index (χ4n) is 2.14. The molecule has 2 aromatic rings. The Bertz CT molecular complexity index is 826. The fourth-order valence-corrected chi connectivity index (χ4v) is 3.59. The van der Waals surface area contributed by atoms with E-state index in [1.54, 1.807) is 18.2 Å². The molecule has 0 saturated carbocycles. The van der Waals surface area contributed by atoms with E-state index in [-0.39, 0.29) is 5.91 Å². The Kier molecular flexibility index (Phi) is 4.71. The van der Waals surface area contributed by atoms with Crippen LogP contribution in [-0.2, 0) is 4.79 Å². The lowest BCUT2D eigenvalue weighted by Gasteiger charge is -2.10. The summed E-state index contributed by atoms with van der Waals surface area (Å²) in [6.45, 7) is 4.05. The number of thioether (sulfide) groups is 1. The van der Waals surface area contributed by atoms with Crippen molar-refractivity contribution in [3.05, 3.63) is 64.7 Å². The molecule has 1 aliphatic heterocycles. The van der Waals surface area contributed by atoms with Gasteiger partial charge in [-0.2, -0.15) is 0 Å². The molecule has 1 saturated heterocycles. The molecule has 1 aromatic heterocycles. The van der Waals surface area contributed by atoms with Crippen molar-refractivity contribution in [3.63, 3.8) is 0 Å². The summed E-state index contributed by atoms with van der Waals surface area (Å²) >= 11 is 12.5. The second-order valence-corrected chi connectivity index (χ2v) is 6.91. The monoisotopic (exact) mass is 361 g/mol. The van der Waals surface area contributed by atoms with E-state index in [0.717, 1.165) is 5.56 Å². The second-order valence-electron chi connectivity index (χ2n) is 4.79. The number of nitrogens with zero attached hydrogens (tertiary/aromatic N) is 1. The van der Waals surface area contributed by atoms with Gasteiger partial charge >= 0.3 is 0 Å². The van der Waals surface area contributed by atoms with Gasteiger partial charge in [0.1, 0.15) is 15.8 Å². The maximum atomic E-state index is 12.3. The van der Waals surface area contributed by atoms with Crippen molar-refractivity contribution in [1.29, 1.82) is 0 Å². The van der Waals surface area contributed by atoms with Crippen LogP contribution in [0.25, 0.3) is 17.4 Å². The number of carbonyl (C=O) groups is 1. The highest BCUT2D eigenvalue weighted by Gasteiger charge is 2.31. The van der Waals surface area contributed by atoms with Crippen LogP contribution in [0.3, 0.4) is 0 Å². The summed E-state index contributed by atoms with van der Waals surface area (Å²) in [4.78, 5) is 14.3. The number of rotatable bonds is 4. The molecule has 1 fully saturated rings. The third-order valence-electron chi connectivity index (χ3n) is 3.19. The smallest absolute Gasteiger partial charge is 0.266 e. The predicted molar refractivity (Wildman–Crippen MR) is 99.2 cm³/mol. The van der Waals surface area contributed by atoms with E-state index in [2.05, 4.69) is 6.58 Å². The van der Waals surface area contributed by atoms with E-state index in [0.29, 0.717) is 32.3 Å². The summed E-state index contributed by atoms with van der Waals surface area (Å²) < 4.78 is 6.31. The minimum Gasteiger partial charge on any atom is -0.457 e. The van der Waals surface area contributed by atoms with Crippen molar-refractivity contribution < 1.29 is 9.21 Å². The SMILES string of the molecule is C=CCN1C(=O)/C(=C/c2ccc(-c3cccc(Cl)c3)o2)SC1=S. The normalized spacial score (nSPS) is 16.4. The molecule has 1 aliphatic rings. The van der Waals surface area contributed by atoms with E-state index in [4.69, 9.17) is 28.2 Å². The summed E-state index contributed by atoms with van der Waals surface area (Å²) in [5.74, 6) is 1.17. The van der Waals surface area contributed by atoms with Gasteiger partial charge in [0.2, 0.25) is 0 Å². The standard InChI is InChI=1S/C17H12ClNO2S2/c1-2-8-19-16(20)15(23-17(19)22)10-13-6-7-14(21-13)11-4-3-5-12(18)9-11/h2-7,9-10H,1,8H2/b15-10-. The Morgan fingerprint density at radius 3 is 2.91 bits per heavy atom. The molecule has 0 radical (unpaired) electrons. The van der Waals surface area contributed by atoms with E-state index in [1.807, 2.05) is 30.3 Å². The Morgan fingerprint density at radius 2 is 2.17 bits per heavy atom. The largest absolute Gasteiger partial charge is 0.457 e. The minimum absolute atomic E-state index is 0.124. The number of thiocarbonyl (C=S) groups is 1. The zero-order valence-corrected chi connectivity index (χ0v) is 14.4. The Morgan fingerprint density at radius 1 is 1.35 bits per heavy atom. The molecule has 116 valence electrons. The molecule has 0 bridgehead atoms. The molecule has 23 heavy (non-hydrogen) atoms. The first-order valence-electron chi connectivity index (χ1n) is 6.80. The number of halogens is 1. The van der Waals surface area contributed by atoms with Crippen molar-refractivity contribution in [3.8, 4) is 11.3 Å². The first-order valence-corrected chi connectivity index (χ1v) is 8.41. The lowest BCUT2D eigenvalue weighted by atomic mass is 10.2. The van der Waals surface area contributed by atoms with Gasteiger partial charge in [-0.25, -0.2) is 0 Å². The lowest BCUT2D eigenvalue weighted by molar-refractivity contribution is -0.121. The molecule has 6 heteroatoms. The van der Waals surface area contributed by atoms with Crippen LogP contribution in [0.4, 0.5) is 0 Å². The topological polar surface area (TPSA) is 33.5 Å². The van der Waals surface area contributed by atoms with Crippen molar-refractivity contribution in [2.45, 2.75) is 0 Å². The van der Waals surface area contributed by atoms with Gasteiger partial charge < -0.3 is 4.42 Å². The van der Waals surface area contributed by atoms with Gasteiger partial charge in [-0.05, 0) is 24.3 Å². The van der Waals surface area contributed by atoms with Crippen LogP contribution in [0.2, 0.25) is 5.02 Å². The van der Waals surface area contributed by atoms with Gasteiger partial charge in [-0.15, -0.1) is 6.58 Å². The van der Waals surface area contributed by atoms with Crippen LogP contribution in [0, 0.1) is 0 Å². The van der Waals surface area contributed by atoms with Crippen LogP contribution in [0.15, 0.2) is 58.4 Å². The summed E-state index contributed by atoms with van der Waals surface area (Å²) in [5.41, 5.74) is 0.886. The zero-order valence-electron chi connectivity index (χ0n) is 12.0. The average molecular weight is 362 g/mol. The number of hydrogen-bond acceptors (Lipinski definition) is 4. The Hall–Kier alpha value is -1.82. The third kappa shape index (κ3) is 3.42. The molecule has 0 unspecified atom stereocenters. The average Bonchev–Trinajstić information content (AvgIpc) is 3.09. The van der Waals surface area contributed by atoms with Gasteiger partial charge in [0, 0.05) is 23.2 Å². The van der Waals surface area contributed by atoms with Gasteiger partial charge in [0.05, 0.1) is 4.91 Å². The minimum atomic E-state index is -0.124. The zero-order chi connectivity index (χ0) is 16.4. The van der Waals surface area contributed by atoms with Crippen LogP contribution >= 0.6 is 35.6 Å². The summed E-state index contributed by atoms with van der Waals surface area (Å²) in [6.07, 6.45) is 3.36. The number of carbonyl (C=O) groups excluding carboxylic acids is 1. The molecule has 0 atom stereocenters. The van der Waals surface area contributed by atoms with E-state index >= 15 is 0 Å². The summed E-state index contributed by atoms with van der Waals surface area (Å²) in [7, 11) is 0. The van der Waals surface area contributed by atoms with Crippen molar-refractivity contribution in [2.75, 3.05) is 6.54 Å². The molecule has 0 N–H and O–H groups in total. The van der Waals surface area contributed by atoms with Crippen molar-refractivity contribution in [2.24, 2.45) is 0 Å². The third-order valence-corrected chi connectivity index (χ3v) is 4.81. The molecular formula is C17H12ClNO2S2. The van der Waals surface area contributed by atoms with Crippen LogP contribution in [0.1, 0.15) is 5.76 Å². The molecule has 2 heterocycles. The summed E-state index contributed by atoms with van der Waals surface area (Å²) in [6, 6.07) is 11.1. The van der Waals surface area contributed by atoms with Crippen LogP contribution < -0.4 is 0 Å². The van der Waals surface area contributed by atoms with Crippen molar-refractivity contribution >= 4 is 51.9 Å². The van der Waals surface area contributed by atoms with Gasteiger partial charge in [-0.3, -0.25) is 9.69 Å². The highest BCUT2D eigenvalue weighted by Crippen LogP contribution is 2.33. The number of furan rings is 1. The molecule has 0 aliphatic carbocycles. The second kappa shape index (κ2) is 6.74. The molecule has 1 aromatic carbocycles. The first kappa shape index (κ1) is 16.1. The number of amides is 1. The quantitative estimate of drug-likeness (QED) is 0.436. The van der Waals surface area contributed by atoms with Gasteiger partial charge in [0.15, 0.2) is 0 Å².